The molecule has 1 amide bonds. The van der Waals surface area contributed by atoms with Crippen molar-refractivity contribution in [2.75, 3.05) is 17.2 Å². The van der Waals surface area contributed by atoms with Crippen molar-refractivity contribution in [1.82, 2.24) is 0 Å². The lowest BCUT2D eigenvalue weighted by Crippen LogP contribution is -2.22. The molecule has 0 aliphatic rings. The first-order valence-corrected chi connectivity index (χ1v) is 7.62. The number of hydrogen-bond donors (Lipinski definition) is 2. The summed E-state index contributed by atoms with van der Waals surface area (Å²) in [6.07, 6.45) is 0. The van der Waals surface area contributed by atoms with Crippen LogP contribution in [0.4, 0.5) is 11.4 Å². The summed E-state index contributed by atoms with van der Waals surface area (Å²) in [5.41, 5.74) is 6.22. The third-order valence-corrected chi connectivity index (χ3v) is 3.97. The Labute approximate surface area is 136 Å². The van der Waals surface area contributed by atoms with Crippen molar-refractivity contribution in [2.45, 2.75) is 27.7 Å². The molecular weight excluding hydrogens is 296 g/mol. The summed E-state index contributed by atoms with van der Waals surface area (Å²) < 4.78 is 0. The van der Waals surface area contributed by atoms with Gasteiger partial charge in [-0.1, -0.05) is 35.4 Å². The Morgan fingerprint density at radius 1 is 1.00 bits per heavy atom. The molecule has 0 aliphatic carbocycles. The van der Waals surface area contributed by atoms with Gasteiger partial charge in [0, 0.05) is 16.4 Å². The van der Waals surface area contributed by atoms with Gasteiger partial charge in [0.05, 0.1) is 6.54 Å². The van der Waals surface area contributed by atoms with E-state index in [4.69, 9.17) is 11.6 Å². The number of halogens is 1. The number of anilines is 2. The fourth-order valence-corrected chi connectivity index (χ4v) is 2.68. The summed E-state index contributed by atoms with van der Waals surface area (Å²) >= 11 is 6.06. The van der Waals surface area contributed by atoms with Crippen LogP contribution in [0.2, 0.25) is 5.02 Å². The second-order valence-corrected chi connectivity index (χ2v) is 6.05. The van der Waals surface area contributed by atoms with Gasteiger partial charge in [-0.3, -0.25) is 4.79 Å². The topological polar surface area (TPSA) is 41.1 Å². The van der Waals surface area contributed by atoms with Gasteiger partial charge in [-0.05, 0) is 56.5 Å². The second kappa shape index (κ2) is 6.84. The van der Waals surface area contributed by atoms with E-state index in [0.717, 1.165) is 22.4 Å². The monoisotopic (exact) mass is 316 g/mol. The summed E-state index contributed by atoms with van der Waals surface area (Å²) in [6, 6.07) is 9.71. The van der Waals surface area contributed by atoms with Gasteiger partial charge in [-0.15, -0.1) is 0 Å². The molecule has 0 aromatic heterocycles. The van der Waals surface area contributed by atoms with Crippen molar-refractivity contribution < 1.29 is 4.79 Å². The molecule has 0 aliphatic heterocycles. The molecule has 0 unspecified atom stereocenters. The molecule has 2 aromatic rings. The van der Waals surface area contributed by atoms with Crippen LogP contribution < -0.4 is 10.6 Å². The van der Waals surface area contributed by atoms with Crippen molar-refractivity contribution in [3.8, 4) is 0 Å². The van der Waals surface area contributed by atoms with Crippen molar-refractivity contribution in [3.05, 3.63) is 57.6 Å². The maximum absolute atomic E-state index is 12.1. The quantitative estimate of drug-likeness (QED) is 0.863. The lowest BCUT2D eigenvalue weighted by Gasteiger charge is -2.14. The van der Waals surface area contributed by atoms with Gasteiger partial charge in [0.15, 0.2) is 0 Å². The van der Waals surface area contributed by atoms with Gasteiger partial charge >= 0.3 is 0 Å². The Kier molecular flexibility index (Phi) is 5.09. The van der Waals surface area contributed by atoms with E-state index in [1.807, 2.05) is 32.9 Å². The first-order chi connectivity index (χ1) is 10.4. The molecule has 22 heavy (non-hydrogen) atoms. The third kappa shape index (κ3) is 4.01. The van der Waals surface area contributed by atoms with Crippen LogP contribution in [-0.2, 0) is 4.79 Å². The van der Waals surface area contributed by atoms with Gasteiger partial charge in [-0.2, -0.15) is 0 Å². The predicted octanol–water partition coefficient (Wildman–Crippen LogP) is 4.62. The normalized spacial score (nSPS) is 10.4. The van der Waals surface area contributed by atoms with Gasteiger partial charge in [-0.25, -0.2) is 0 Å². The molecule has 2 aromatic carbocycles. The minimum absolute atomic E-state index is 0.0979. The molecule has 2 rings (SSSR count). The molecule has 0 spiro atoms. The van der Waals surface area contributed by atoms with Crippen molar-refractivity contribution in [2.24, 2.45) is 0 Å². The standard InChI is InChI=1S/C18H21ClN2O/c1-11-7-13(3)18(14(4)8-11)20-10-17(22)21-15-6-5-12(2)16(19)9-15/h5-9,20H,10H2,1-4H3,(H,21,22). The highest BCUT2D eigenvalue weighted by Gasteiger charge is 2.07. The van der Waals surface area contributed by atoms with E-state index in [0.29, 0.717) is 10.7 Å². The van der Waals surface area contributed by atoms with E-state index in [-0.39, 0.29) is 12.5 Å². The van der Waals surface area contributed by atoms with Crippen LogP contribution in [0.15, 0.2) is 30.3 Å². The molecular formula is C18H21ClN2O. The average Bonchev–Trinajstić information content (AvgIpc) is 2.41. The Bertz CT molecular complexity index is 687. The average molecular weight is 317 g/mol. The highest BCUT2D eigenvalue weighted by Crippen LogP contribution is 2.22. The number of rotatable bonds is 4. The van der Waals surface area contributed by atoms with Crippen LogP contribution in [-0.4, -0.2) is 12.5 Å². The molecule has 0 fully saturated rings. The van der Waals surface area contributed by atoms with Crippen LogP contribution in [0.1, 0.15) is 22.3 Å². The summed E-state index contributed by atoms with van der Waals surface area (Å²) in [6.45, 7) is 8.30. The van der Waals surface area contributed by atoms with Gasteiger partial charge in [0.1, 0.15) is 0 Å². The maximum atomic E-state index is 12.1. The van der Waals surface area contributed by atoms with Gasteiger partial charge < -0.3 is 10.6 Å². The molecule has 4 heteroatoms. The van der Waals surface area contributed by atoms with Crippen LogP contribution in [0.5, 0.6) is 0 Å². The summed E-state index contributed by atoms with van der Waals surface area (Å²) in [7, 11) is 0. The molecule has 0 saturated carbocycles. The molecule has 2 N–H and O–H groups in total. The lowest BCUT2D eigenvalue weighted by atomic mass is 10.1. The Hall–Kier alpha value is -2.00. The number of aryl methyl sites for hydroxylation is 4. The first kappa shape index (κ1) is 16.4. The zero-order valence-electron chi connectivity index (χ0n) is 13.4. The Balaban J connectivity index is 2.00. The first-order valence-electron chi connectivity index (χ1n) is 7.24. The molecule has 0 heterocycles. The number of carbonyl (C=O) groups is 1. The van der Waals surface area contributed by atoms with E-state index in [1.165, 1.54) is 5.56 Å². The van der Waals surface area contributed by atoms with Crippen molar-refractivity contribution in [3.63, 3.8) is 0 Å². The van der Waals surface area contributed by atoms with Crippen LogP contribution >= 0.6 is 11.6 Å². The van der Waals surface area contributed by atoms with Crippen molar-refractivity contribution >= 4 is 28.9 Å². The van der Waals surface area contributed by atoms with Gasteiger partial charge in [0.2, 0.25) is 5.91 Å². The van der Waals surface area contributed by atoms with Crippen LogP contribution in [0.25, 0.3) is 0 Å². The molecule has 0 radical (unpaired) electrons. The predicted molar refractivity (Wildman–Crippen MR) is 94.0 cm³/mol. The summed E-state index contributed by atoms with van der Waals surface area (Å²) in [5, 5.41) is 6.70. The zero-order chi connectivity index (χ0) is 16.3. The lowest BCUT2D eigenvalue weighted by molar-refractivity contribution is -0.114. The number of amides is 1. The zero-order valence-corrected chi connectivity index (χ0v) is 14.1. The van der Waals surface area contributed by atoms with Gasteiger partial charge in [0.25, 0.3) is 0 Å². The van der Waals surface area contributed by atoms with E-state index in [9.17, 15) is 4.79 Å². The Morgan fingerprint density at radius 3 is 2.23 bits per heavy atom. The molecule has 3 nitrogen and oxygen atoms in total. The number of benzene rings is 2. The largest absolute Gasteiger partial charge is 0.376 e. The van der Waals surface area contributed by atoms with E-state index >= 15 is 0 Å². The van der Waals surface area contributed by atoms with Crippen LogP contribution in [0, 0.1) is 27.7 Å². The van der Waals surface area contributed by atoms with E-state index in [1.54, 1.807) is 6.07 Å². The molecule has 116 valence electrons. The number of nitrogens with one attached hydrogen (secondary N) is 2. The highest BCUT2D eigenvalue weighted by atomic mass is 35.5. The summed E-state index contributed by atoms with van der Waals surface area (Å²) in [5.74, 6) is -0.0979. The van der Waals surface area contributed by atoms with Crippen molar-refractivity contribution in [1.29, 1.82) is 0 Å². The summed E-state index contributed by atoms with van der Waals surface area (Å²) in [4.78, 5) is 12.1. The third-order valence-electron chi connectivity index (χ3n) is 3.56. The minimum atomic E-state index is -0.0979. The smallest absolute Gasteiger partial charge is 0.243 e. The number of hydrogen-bond acceptors (Lipinski definition) is 2. The fourth-order valence-electron chi connectivity index (χ4n) is 2.50. The van der Waals surface area contributed by atoms with E-state index in [2.05, 4.69) is 29.7 Å². The molecule has 0 bridgehead atoms. The fraction of sp³-hybridized carbons (Fsp3) is 0.278. The maximum Gasteiger partial charge on any atom is 0.243 e. The highest BCUT2D eigenvalue weighted by molar-refractivity contribution is 6.31. The SMILES string of the molecule is Cc1cc(C)c(NCC(=O)Nc2ccc(C)c(Cl)c2)c(C)c1. The number of carbonyl (C=O) groups excluding carboxylic acids is 1. The van der Waals surface area contributed by atoms with Crippen LogP contribution in [0.3, 0.4) is 0 Å². The Morgan fingerprint density at radius 2 is 1.64 bits per heavy atom. The van der Waals surface area contributed by atoms with E-state index < -0.39 is 0 Å². The molecule has 0 atom stereocenters. The minimum Gasteiger partial charge on any atom is -0.376 e. The molecule has 0 saturated heterocycles. The second-order valence-electron chi connectivity index (χ2n) is 5.64.